The normalized spacial score (nSPS) is 14.7. The third-order valence-corrected chi connectivity index (χ3v) is 3.08. The van der Waals surface area contributed by atoms with Crippen LogP contribution in [0.4, 0.5) is 5.69 Å². The summed E-state index contributed by atoms with van der Waals surface area (Å²) in [6.07, 6.45) is 5.69. The Morgan fingerprint density at radius 3 is 2.39 bits per heavy atom. The molecule has 2 amide bonds. The van der Waals surface area contributed by atoms with E-state index < -0.39 is 0 Å². The molecule has 0 N–H and O–H groups in total. The van der Waals surface area contributed by atoms with Gasteiger partial charge in [-0.3, -0.25) is 9.59 Å². The van der Waals surface area contributed by atoms with Crippen molar-refractivity contribution in [2.45, 2.75) is 33.1 Å². The van der Waals surface area contributed by atoms with Crippen molar-refractivity contribution in [2.24, 2.45) is 0 Å². The zero-order valence-electron chi connectivity index (χ0n) is 10.8. The lowest BCUT2D eigenvalue weighted by molar-refractivity contribution is -0.119. The van der Waals surface area contributed by atoms with Crippen molar-refractivity contribution in [3.8, 4) is 0 Å². The van der Waals surface area contributed by atoms with Crippen LogP contribution in [0.2, 0.25) is 0 Å². The molecule has 0 aromatic heterocycles. The van der Waals surface area contributed by atoms with E-state index >= 15 is 0 Å². The van der Waals surface area contributed by atoms with Gasteiger partial charge in [-0.1, -0.05) is 31.0 Å². The van der Waals surface area contributed by atoms with Crippen LogP contribution in [0.1, 0.15) is 30.9 Å². The van der Waals surface area contributed by atoms with Crippen LogP contribution in [-0.4, -0.2) is 11.8 Å². The van der Waals surface area contributed by atoms with Gasteiger partial charge in [-0.05, 0) is 31.4 Å². The first-order chi connectivity index (χ1) is 8.63. The van der Waals surface area contributed by atoms with E-state index in [2.05, 4.69) is 13.0 Å². The Bertz CT molecular complexity index is 499. The highest BCUT2D eigenvalue weighted by Gasteiger charge is 2.26. The highest BCUT2D eigenvalue weighted by atomic mass is 16.2. The smallest absolute Gasteiger partial charge is 0.258 e. The fourth-order valence-electron chi connectivity index (χ4n) is 2.14. The molecule has 0 atom stereocenters. The van der Waals surface area contributed by atoms with E-state index in [-0.39, 0.29) is 11.8 Å². The summed E-state index contributed by atoms with van der Waals surface area (Å²) in [5, 5.41) is 0. The van der Waals surface area contributed by atoms with Gasteiger partial charge >= 0.3 is 0 Å². The Labute approximate surface area is 107 Å². The van der Waals surface area contributed by atoms with Crippen LogP contribution >= 0.6 is 0 Å². The fraction of sp³-hybridized carbons (Fsp3) is 0.333. The monoisotopic (exact) mass is 243 g/mol. The van der Waals surface area contributed by atoms with Gasteiger partial charge in [0.1, 0.15) is 0 Å². The van der Waals surface area contributed by atoms with Crippen LogP contribution in [0.15, 0.2) is 30.4 Å². The molecule has 1 heterocycles. The van der Waals surface area contributed by atoms with E-state index in [0.29, 0.717) is 0 Å². The number of amides is 2. The maximum atomic E-state index is 11.7. The first kappa shape index (κ1) is 12.6. The van der Waals surface area contributed by atoms with Crippen LogP contribution in [-0.2, 0) is 16.0 Å². The Hall–Kier alpha value is -1.90. The van der Waals surface area contributed by atoms with Gasteiger partial charge in [0.05, 0.1) is 5.69 Å². The van der Waals surface area contributed by atoms with E-state index in [1.165, 1.54) is 17.1 Å². The fourth-order valence-corrected chi connectivity index (χ4v) is 2.14. The van der Waals surface area contributed by atoms with Crippen LogP contribution < -0.4 is 4.90 Å². The van der Waals surface area contributed by atoms with Crippen LogP contribution in [0.5, 0.6) is 0 Å². The van der Waals surface area contributed by atoms with Crippen LogP contribution in [0.25, 0.3) is 0 Å². The predicted molar refractivity (Wildman–Crippen MR) is 71.4 cm³/mol. The van der Waals surface area contributed by atoms with E-state index in [4.69, 9.17) is 0 Å². The van der Waals surface area contributed by atoms with Gasteiger partial charge in [-0.15, -0.1) is 0 Å². The molecule has 1 aliphatic rings. The maximum Gasteiger partial charge on any atom is 0.258 e. The number of carbonyl (C=O) groups excluding carboxylic acids is 2. The molecule has 2 rings (SSSR count). The number of anilines is 1. The summed E-state index contributed by atoms with van der Waals surface area (Å²) in [6.45, 7) is 4.15. The van der Waals surface area contributed by atoms with Gasteiger partial charge in [0.2, 0.25) is 0 Å². The molecule has 0 bridgehead atoms. The molecule has 3 heteroatoms. The molecule has 0 fully saturated rings. The topological polar surface area (TPSA) is 37.4 Å². The molecule has 3 nitrogen and oxygen atoms in total. The summed E-state index contributed by atoms with van der Waals surface area (Å²) >= 11 is 0. The van der Waals surface area contributed by atoms with Crippen molar-refractivity contribution in [1.29, 1.82) is 0 Å². The molecule has 0 aliphatic carbocycles. The molecule has 94 valence electrons. The number of rotatable bonds is 4. The molecule has 1 aromatic carbocycles. The van der Waals surface area contributed by atoms with Crippen molar-refractivity contribution in [1.82, 2.24) is 0 Å². The van der Waals surface area contributed by atoms with Crippen molar-refractivity contribution in [3.05, 3.63) is 41.5 Å². The Kier molecular flexibility index (Phi) is 3.60. The second-order valence-corrected chi connectivity index (χ2v) is 4.58. The molecule has 0 unspecified atom stereocenters. The third kappa shape index (κ3) is 2.35. The number of benzene rings is 1. The highest BCUT2D eigenvalue weighted by molar-refractivity contribution is 6.28. The number of nitrogens with zero attached hydrogens (tertiary/aromatic N) is 1. The van der Waals surface area contributed by atoms with E-state index in [0.717, 1.165) is 36.1 Å². The summed E-state index contributed by atoms with van der Waals surface area (Å²) in [7, 11) is 0. The van der Waals surface area contributed by atoms with Crippen molar-refractivity contribution < 1.29 is 9.59 Å². The number of carbonyl (C=O) groups is 2. The molecule has 1 aliphatic heterocycles. The summed E-state index contributed by atoms with van der Waals surface area (Å²) in [4.78, 5) is 24.7. The molecule has 0 radical (unpaired) electrons. The first-order valence-corrected chi connectivity index (χ1v) is 6.29. The number of hydrogen-bond donors (Lipinski definition) is 0. The van der Waals surface area contributed by atoms with E-state index in [1.807, 2.05) is 19.1 Å². The van der Waals surface area contributed by atoms with Crippen molar-refractivity contribution >= 4 is 17.5 Å². The van der Waals surface area contributed by atoms with E-state index in [9.17, 15) is 9.59 Å². The van der Waals surface area contributed by atoms with Gasteiger partial charge in [0.25, 0.3) is 11.8 Å². The largest absolute Gasteiger partial charge is 0.269 e. The molecular formula is C15H17NO2. The van der Waals surface area contributed by atoms with Gasteiger partial charge in [0.15, 0.2) is 0 Å². The molecule has 0 saturated heterocycles. The molecule has 18 heavy (non-hydrogen) atoms. The van der Waals surface area contributed by atoms with E-state index in [1.54, 1.807) is 0 Å². The Morgan fingerprint density at radius 2 is 1.78 bits per heavy atom. The average Bonchev–Trinajstić information content (AvgIpc) is 2.67. The summed E-state index contributed by atoms with van der Waals surface area (Å²) in [6, 6.07) is 5.86. The second kappa shape index (κ2) is 5.17. The minimum absolute atomic E-state index is 0.249. The van der Waals surface area contributed by atoms with Crippen LogP contribution in [0, 0.1) is 6.92 Å². The first-order valence-electron chi connectivity index (χ1n) is 6.29. The number of hydrogen-bond acceptors (Lipinski definition) is 2. The third-order valence-electron chi connectivity index (χ3n) is 3.08. The SMILES string of the molecule is CCCCc1cc(C)ccc1N1C(=O)C=CC1=O. The molecule has 0 saturated carbocycles. The Morgan fingerprint density at radius 1 is 1.11 bits per heavy atom. The lowest BCUT2D eigenvalue weighted by Gasteiger charge is -2.18. The van der Waals surface area contributed by atoms with Gasteiger partial charge in [0, 0.05) is 12.2 Å². The highest BCUT2D eigenvalue weighted by Crippen LogP contribution is 2.26. The molecule has 0 spiro atoms. The number of imide groups is 1. The average molecular weight is 243 g/mol. The molecular weight excluding hydrogens is 226 g/mol. The number of aryl methyl sites for hydroxylation is 2. The lowest BCUT2D eigenvalue weighted by Crippen LogP contribution is -2.30. The zero-order chi connectivity index (χ0) is 13.1. The maximum absolute atomic E-state index is 11.7. The summed E-state index contributed by atoms with van der Waals surface area (Å²) < 4.78 is 0. The minimum atomic E-state index is -0.249. The summed E-state index contributed by atoms with van der Waals surface area (Å²) in [5.74, 6) is -0.497. The quantitative estimate of drug-likeness (QED) is 0.762. The van der Waals surface area contributed by atoms with Gasteiger partial charge in [-0.2, -0.15) is 0 Å². The number of unbranched alkanes of at least 4 members (excludes halogenated alkanes) is 1. The lowest BCUT2D eigenvalue weighted by atomic mass is 10.0. The second-order valence-electron chi connectivity index (χ2n) is 4.58. The predicted octanol–water partition coefficient (Wildman–Crippen LogP) is 2.77. The molecule has 1 aromatic rings. The van der Waals surface area contributed by atoms with Crippen LogP contribution in [0.3, 0.4) is 0 Å². The van der Waals surface area contributed by atoms with Gasteiger partial charge in [-0.25, -0.2) is 4.90 Å². The zero-order valence-corrected chi connectivity index (χ0v) is 10.8. The van der Waals surface area contributed by atoms with Crippen molar-refractivity contribution in [3.63, 3.8) is 0 Å². The van der Waals surface area contributed by atoms with Crippen molar-refractivity contribution in [2.75, 3.05) is 4.90 Å². The Balaban J connectivity index is 2.37. The minimum Gasteiger partial charge on any atom is -0.269 e. The summed E-state index contributed by atoms with van der Waals surface area (Å²) in [5.41, 5.74) is 2.95. The van der Waals surface area contributed by atoms with Gasteiger partial charge < -0.3 is 0 Å². The standard InChI is InChI=1S/C15H17NO2/c1-3-4-5-12-10-11(2)6-7-13(12)16-14(17)8-9-15(16)18/h6-10H,3-5H2,1-2H3.